The summed E-state index contributed by atoms with van der Waals surface area (Å²) in [5.74, 6) is 0.793. The zero-order valence-corrected chi connectivity index (χ0v) is 59.1. The van der Waals surface area contributed by atoms with Crippen LogP contribution in [-0.2, 0) is 65.4 Å². The molecular formula is C69H134O17P2. The fourth-order valence-corrected chi connectivity index (χ4v) is 11.9. The summed E-state index contributed by atoms with van der Waals surface area (Å²) < 4.78 is 68.2. The van der Waals surface area contributed by atoms with Gasteiger partial charge < -0.3 is 33.8 Å². The quantitative estimate of drug-likeness (QED) is 0.0222. The largest absolute Gasteiger partial charge is 0.472 e. The molecule has 0 aromatic carbocycles. The molecule has 0 aromatic heterocycles. The lowest BCUT2D eigenvalue weighted by molar-refractivity contribution is -0.161. The van der Waals surface area contributed by atoms with Gasteiger partial charge in [-0.3, -0.25) is 37.3 Å². The zero-order valence-electron chi connectivity index (χ0n) is 57.3. The molecule has 0 aliphatic carbocycles. The van der Waals surface area contributed by atoms with Gasteiger partial charge in [0, 0.05) is 25.7 Å². The van der Waals surface area contributed by atoms with Crippen LogP contribution in [0.25, 0.3) is 0 Å². The third-order valence-corrected chi connectivity index (χ3v) is 18.1. The third kappa shape index (κ3) is 61.6. The molecule has 17 nitrogen and oxygen atoms in total. The topological polar surface area (TPSA) is 237 Å². The van der Waals surface area contributed by atoms with Crippen LogP contribution in [0.15, 0.2) is 0 Å². The van der Waals surface area contributed by atoms with Gasteiger partial charge in [-0.25, -0.2) is 9.13 Å². The summed E-state index contributed by atoms with van der Waals surface area (Å²) in [4.78, 5) is 72.4. The molecule has 522 valence electrons. The summed E-state index contributed by atoms with van der Waals surface area (Å²) >= 11 is 0. The van der Waals surface area contributed by atoms with Crippen molar-refractivity contribution >= 4 is 39.5 Å². The minimum absolute atomic E-state index is 0.101. The Kier molecular flexibility index (Phi) is 57.6. The summed E-state index contributed by atoms with van der Waals surface area (Å²) in [6.45, 7) is 14.0. The maximum absolute atomic E-state index is 13.0. The van der Waals surface area contributed by atoms with Gasteiger partial charge in [0.15, 0.2) is 12.2 Å². The third-order valence-electron chi connectivity index (χ3n) is 16.2. The van der Waals surface area contributed by atoms with E-state index in [0.717, 1.165) is 114 Å². The van der Waals surface area contributed by atoms with E-state index in [1.54, 1.807) is 0 Å². The van der Waals surface area contributed by atoms with Gasteiger partial charge in [0.05, 0.1) is 26.4 Å². The molecule has 3 N–H and O–H groups in total. The molecule has 0 aliphatic heterocycles. The van der Waals surface area contributed by atoms with Gasteiger partial charge in [-0.1, -0.05) is 287 Å². The number of carbonyl (C=O) groups excluding carboxylic acids is 4. The monoisotopic (exact) mass is 1300 g/mol. The molecule has 0 radical (unpaired) electrons. The van der Waals surface area contributed by atoms with Crippen LogP contribution in [0.5, 0.6) is 0 Å². The fraction of sp³-hybridized carbons (Fsp3) is 0.942. The van der Waals surface area contributed by atoms with Gasteiger partial charge in [-0.2, -0.15) is 0 Å². The van der Waals surface area contributed by atoms with Crippen LogP contribution in [0.2, 0.25) is 0 Å². The highest BCUT2D eigenvalue weighted by Crippen LogP contribution is 2.45. The Morgan fingerprint density at radius 1 is 0.318 bits per heavy atom. The average molecular weight is 1300 g/mol. The predicted octanol–water partition coefficient (Wildman–Crippen LogP) is 19.3. The van der Waals surface area contributed by atoms with E-state index in [9.17, 15) is 43.2 Å². The summed E-state index contributed by atoms with van der Waals surface area (Å²) in [6.07, 6.45) is 40.6. The standard InChI is InChI=1S/C69H134O17P2/c1-9-62(8)48-40-32-26-28-36-44-52-69(74)86-65(56-80-67(72)50-42-34-27-25-31-39-47-61(6)7)58-84-88(77,78)82-54-63(70)53-81-87(75,76)83-57-64(55-79-66(71)49-41-33-23-20-19-22-30-38-46-60(4)5)85-68(73)51-43-35-24-18-16-14-12-10-11-13-15-17-21-29-37-45-59(2)3/h59-65,70H,9-58H2,1-8H3,(H,75,76)(H,77,78)/t62?,63-,64-,65-/m1/s1. The molecule has 0 aliphatic rings. The molecule has 0 fully saturated rings. The first-order chi connectivity index (χ1) is 42.1. The summed E-state index contributed by atoms with van der Waals surface area (Å²) in [5, 5.41) is 10.6. The van der Waals surface area contributed by atoms with Crippen molar-refractivity contribution < 1.29 is 80.2 Å². The van der Waals surface area contributed by atoms with Crippen LogP contribution in [0.1, 0.15) is 338 Å². The van der Waals surface area contributed by atoms with Gasteiger partial charge in [-0.05, 0) is 49.4 Å². The summed E-state index contributed by atoms with van der Waals surface area (Å²) in [5.41, 5.74) is 0. The molecule has 0 bridgehead atoms. The summed E-state index contributed by atoms with van der Waals surface area (Å²) in [7, 11) is -9.90. The second-order valence-electron chi connectivity index (χ2n) is 26.6. The number of phosphoric acid groups is 2. The van der Waals surface area contributed by atoms with Crippen LogP contribution in [0, 0.1) is 23.7 Å². The zero-order chi connectivity index (χ0) is 65.4. The molecule has 0 rings (SSSR count). The number of carbonyl (C=O) groups is 4. The number of hydrogen-bond acceptors (Lipinski definition) is 15. The van der Waals surface area contributed by atoms with Crippen LogP contribution in [0.3, 0.4) is 0 Å². The van der Waals surface area contributed by atoms with Crippen molar-refractivity contribution in [2.24, 2.45) is 23.7 Å². The Bertz CT molecular complexity index is 1750. The second kappa shape index (κ2) is 58.8. The van der Waals surface area contributed by atoms with Crippen molar-refractivity contribution in [3.8, 4) is 0 Å². The number of unbranched alkanes of at least 4 members (excludes halogenated alkanes) is 31. The first-order valence-corrected chi connectivity index (χ1v) is 38.7. The number of aliphatic hydroxyl groups excluding tert-OH is 1. The Hall–Kier alpha value is -1.94. The normalized spacial score (nSPS) is 14.6. The minimum Gasteiger partial charge on any atom is -0.462 e. The van der Waals surface area contributed by atoms with E-state index in [4.69, 9.17) is 37.0 Å². The Morgan fingerprint density at radius 3 is 0.807 bits per heavy atom. The predicted molar refractivity (Wildman–Crippen MR) is 354 cm³/mol. The van der Waals surface area contributed by atoms with Crippen molar-refractivity contribution in [2.75, 3.05) is 39.6 Å². The van der Waals surface area contributed by atoms with Gasteiger partial charge in [-0.15, -0.1) is 0 Å². The van der Waals surface area contributed by atoms with Crippen LogP contribution >= 0.6 is 15.6 Å². The van der Waals surface area contributed by atoms with Gasteiger partial charge >= 0.3 is 39.5 Å². The smallest absolute Gasteiger partial charge is 0.462 e. The number of ether oxygens (including phenoxy) is 4. The molecule has 19 heteroatoms. The number of rotatable bonds is 66. The Morgan fingerprint density at radius 2 is 0.545 bits per heavy atom. The van der Waals surface area contributed by atoms with Gasteiger partial charge in [0.25, 0.3) is 0 Å². The molecule has 3 unspecified atom stereocenters. The fourth-order valence-electron chi connectivity index (χ4n) is 10.3. The molecule has 0 saturated carbocycles. The van der Waals surface area contributed by atoms with Crippen LogP contribution < -0.4 is 0 Å². The first kappa shape index (κ1) is 86.1. The van der Waals surface area contributed by atoms with Gasteiger partial charge in [0.1, 0.15) is 19.3 Å². The SMILES string of the molecule is CCC(C)CCCCCCCCC(=O)O[C@H](COC(=O)CCCCCCCCC(C)C)COP(=O)(O)OC[C@H](O)COP(=O)(O)OC[C@@H](COC(=O)CCCCCCCCCCC(C)C)OC(=O)CCCCCCCCCCCCCCCCCC(C)C. The lowest BCUT2D eigenvalue weighted by Crippen LogP contribution is -2.30. The lowest BCUT2D eigenvalue weighted by Gasteiger charge is -2.21. The van der Waals surface area contributed by atoms with Crippen molar-refractivity contribution in [2.45, 2.75) is 356 Å². The first-order valence-electron chi connectivity index (χ1n) is 35.7. The molecule has 0 heterocycles. The maximum atomic E-state index is 13.0. The minimum atomic E-state index is -4.95. The number of phosphoric ester groups is 2. The molecule has 0 aromatic rings. The van der Waals surface area contributed by atoms with Crippen molar-refractivity contribution in [1.29, 1.82) is 0 Å². The maximum Gasteiger partial charge on any atom is 0.472 e. The van der Waals surface area contributed by atoms with E-state index in [1.807, 2.05) is 0 Å². The van der Waals surface area contributed by atoms with E-state index >= 15 is 0 Å². The van der Waals surface area contributed by atoms with E-state index in [1.165, 1.54) is 135 Å². The van der Waals surface area contributed by atoms with E-state index in [-0.39, 0.29) is 25.7 Å². The van der Waals surface area contributed by atoms with E-state index in [2.05, 4.69) is 55.4 Å². The molecule has 6 atom stereocenters. The Labute approximate surface area is 537 Å². The highest BCUT2D eigenvalue weighted by molar-refractivity contribution is 7.47. The molecule has 0 spiro atoms. The molecular weight excluding hydrogens is 1160 g/mol. The van der Waals surface area contributed by atoms with E-state index < -0.39 is 97.5 Å². The van der Waals surface area contributed by atoms with E-state index in [0.29, 0.717) is 31.6 Å². The van der Waals surface area contributed by atoms with Crippen LogP contribution in [-0.4, -0.2) is 96.7 Å². The van der Waals surface area contributed by atoms with Gasteiger partial charge in [0.2, 0.25) is 0 Å². The highest BCUT2D eigenvalue weighted by atomic mass is 31.2. The second-order valence-corrected chi connectivity index (χ2v) is 29.5. The summed E-state index contributed by atoms with van der Waals surface area (Å²) in [6, 6.07) is 0. The highest BCUT2D eigenvalue weighted by Gasteiger charge is 2.30. The van der Waals surface area contributed by atoms with Crippen molar-refractivity contribution in [1.82, 2.24) is 0 Å². The lowest BCUT2D eigenvalue weighted by atomic mass is 10.00. The molecule has 0 saturated heterocycles. The van der Waals surface area contributed by atoms with Crippen molar-refractivity contribution in [3.05, 3.63) is 0 Å². The molecule has 88 heavy (non-hydrogen) atoms. The Balaban J connectivity index is 5.21. The number of hydrogen-bond donors (Lipinski definition) is 3. The van der Waals surface area contributed by atoms with Crippen molar-refractivity contribution in [3.63, 3.8) is 0 Å². The number of aliphatic hydroxyl groups is 1. The average Bonchev–Trinajstić information content (AvgIpc) is 3.62. The van der Waals surface area contributed by atoms with Crippen LogP contribution in [0.4, 0.5) is 0 Å². The molecule has 0 amide bonds. The number of esters is 4.